The molecule has 1 aromatic carbocycles. The smallest absolute Gasteiger partial charge is 0.416 e. The fourth-order valence-electron chi connectivity index (χ4n) is 2.60. The number of rotatable bonds is 3. The van der Waals surface area contributed by atoms with Gasteiger partial charge in [-0.3, -0.25) is 0 Å². The second kappa shape index (κ2) is 5.30. The van der Waals surface area contributed by atoms with Gasteiger partial charge < -0.3 is 4.74 Å². The lowest BCUT2D eigenvalue weighted by atomic mass is 9.83. The summed E-state index contributed by atoms with van der Waals surface area (Å²) in [7, 11) is 0. The summed E-state index contributed by atoms with van der Waals surface area (Å²) >= 11 is 0. The van der Waals surface area contributed by atoms with Crippen molar-refractivity contribution in [3.63, 3.8) is 0 Å². The minimum absolute atomic E-state index is 0.0427. The molecule has 0 fully saturated rings. The number of benzene rings is 1. The van der Waals surface area contributed by atoms with E-state index < -0.39 is 17.3 Å². The standard InChI is InChI=1S/C16H23F3O/c1-11-7-8-12(9-13(11)16(17,18)19)20-15(5,6)10-14(2,3)4/h7-9H,10H2,1-6H3. The Labute approximate surface area is 119 Å². The van der Waals surface area contributed by atoms with Crippen molar-refractivity contribution in [2.75, 3.05) is 0 Å². The molecule has 0 bridgehead atoms. The van der Waals surface area contributed by atoms with Crippen molar-refractivity contribution in [1.29, 1.82) is 0 Å². The summed E-state index contributed by atoms with van der Waals surface area (Å²) in [5.41, 5.74) is -0.905. The third-order valence-electron chi connectivity index (χ3n) is 2.86. The number of hydrogen-bond donors (Lipinski definition) is 0. The van der Waals surface area contributed by atoms with Gasteiger partial charge in [0.2, 0.25) is 0 Å². The molecule has 114 valence electrons. The van der Waals surface area contributed by atoms with Gasteiger partial charge in [0, 0.05) is 0 Å². The van der Waals surface area contributed by atoms with Gasteiger partial charge in [0.1, 0.15) is 11.4 Å². The van der Waals surface area contributed by atoms with Crippen LogP contribution in [0.2, 0.25) is 0 Å². The summed E-state index contributed by atoms with van der Waals surface area (Å²) in [4.78, 5) is 0. The van der Waals surface area contributed by atoms with Crippen molar-refractivity contribution >= 4 is 0 Å². The first-order valence-corrected chi connectivity index (χ1v) is 6.67. The molecule has 0 heterocycles. The molecule has 1 rings (SSSR count). The van der Waals surface area contributed by atoms with Crippen molar-refractivity contribution in [2.45, 2.75) is 59.7 Å². The van der Waals surface area contributed by atoms with Crippen LogP contribution in [0, 0.1) is 12.3 Å². The van der Waals surface area contributed by atoms with Gasteiger partial charge in [-0.1, -0.05) is 26.8 Å². The molecular formula is C16H23F3O. The van der Waals surface area contributed by atoms with E-state index in [-0.39, 0.29) is 16.7 Å². The molecule has 0 atom stereocenters. The fraction of sp³-hybridized carbons (Fsp3) is 0.625. The molecule has 1 nitrogen and oxygen atoms in total. The fourth-order valence-corrected chi connectivity index (χ4v) is 2.60. The van der Waals surface area contributed by atoms with Crippen LogP contribution in [0.3, 0.4) is 0 Å². The summed E-state index contributed by atoms with van der Waals surface area (Å²) in [6.45, 7) is 11.5. The number of aryl methyl sites for hydroxylation is 1. The van der Waals surface area contributed by atoms with E-state index in [0.717, 1.165) is 12.5 Å². The van der Waals surface area contributed by atoms with E-state index in [0.29, 0.717) is 0 Å². The highest BCUT2D eigenvalue weighted by atomic mass is 19.4. The minimum Gasteiger partial charge on any atom is -0.488 e. The maximum atomic E-state index is 12.9. The Hall–Kier alpha value is -1.19. The zero-order chi connectivity index (χ0) is 15.8. The molecule has 0 saturated heterocycles. The molecule has 20 heavy (non-hydrogen) atoms. The van der Waals surface area contributed by atoms with E-state index in [1.807, 2.05) is 13.8 Å². The Balaban J connectivity index is 2.99. The van der Waals surface area contributed by atoms with Crippen molar-refractivity contribution in [1.82, 2.24) is 0 Å². The molecule has 0 radical (unpaired) electrons. The third kappa shape index (κ3) is 5.06. The van der Waals surface area contributed by atoms with Gasteiger partial charge in [-0.25, -0.2) is 0 Å². The van der Waals surface area contributed by atoms with Crippen molar-refractivity contribution in [3.8, 4) is 5.75 Å². The normalized spacial score (nSPS) is 13.4. The van der Waals surface area contributed by atoms with Crippen LogP contribution in [0.1, 0.15) is 52.2 Å². The molecule has 1 aromatic rings. The van der Waals surface area contributed by atoms with Gasteiger partial charge in [-0.15, -0.1) is 0 Å². The number of hydrogen-bond acceptors (Lipinski definition) is 1. The molecule has 0 aliphatic rings. The lowest BCUT2D eigenvalue weighted by Crippen LogP contribution is -2.33. The van der Waals surface area contributed by atoms with Crippen LogP contribution in [-0.4, -0.2) is 5.60 Å². The average Bonchev–Trinajstić information content (AvgIpc) is 2.14. The Morgan fingerprint density at radius 1 is 1.00 bits per heavy atom. The molecule has 0 aliphatic carbocycles. The number of ether oxygens (including phenoxy) is 1. The quantitative estimate of drug-likeness (QED) is 0.702. The predicted octanol–water partition coefficient (Wildman–Crippen LogP) is 5.61. The molecule has 0 N–H and O–H groups in total. The zero-order valence-corrected chi connectivity index (χ0v) is 13.0. The van der Waals surface area contributed by atoms with Gasteiger partial charge in [-0.2, -0.15) is 13.2 Å². The van der Waals surface area contributed by atoms with Gasteiger partial charge in [0.25, 0.3) is 0 Å². The van der Waals surface area contributed by atoms with Gasteiger partial charge in [-0.05, 0) is 50.3 Å². The van der Waals surface area contributed by atoms with Crippen molar-refractivity contribution in [2.24, 2.45) is 5.41 Å². The van der Waals surface area contributed by atoms with E-state index in [4.69, 9.17) is 4.74 Å². The maximum absolute atomic E-state index is 12.9. The Morgan fingerprint density at radius 2 is 1.55 bits per heavy atom. The summed E-state index contributed by atoms with van der Waals surface area (Å²) in [5.74, 6) is 0.261. The van der Waals surface area contributed by atoms with Crippen LogP contribution in [0.5, 0.6) is 5.75 Å². The highest BCUT2D eigenvalue weighted by Crippen LogP contribution is 2.36. The zero-order valence-electron chi connectivity index (χ0n) is 13.0. The van der Waals surface area contributed by atoms with E-state index >= 15 is 0 Å². The van der Waals surface area contributed by atoms with Crippen LogP contribution >= 0.6 is 0 Å². The Bertz CT molecular complexity index is 468. The van der Waals surface area contributed by atoms with Crippen LogP contribution in [0.15, 0.2) is 18.2 Å². The third-order valence-corrected chi connectivity index (χ3v) is 2.86. The van der Waals surface area contributed by atoms with Crippen molar-refractivity contribution in [3.05, 3.63) is 29.3 Å². The van der Waals surface area contributed by atoms with Gasteiger partial charge in [0.05, 0.1) is 5.56 Å². The topological polar surface area (TPSA) is 9.23 Å². The van der Waals surface area contributed by atoms with Gasteiger partial charge in [0.15, 0.2) is 0 Å². The maximum Gasteiger partial charge on any atom is 0.416 e. The van der Waals surface area contributed by atoms with Crippen LogP contribution in [0.4, 0.5) is 13.2 Å². The largest absolute Gasteiger partial charge is 0.488 e. The molecule has 4 heteroatoms. The van der Waals surface area contributed by atoms with E-state index in [1.54, 1.807) is 6.07 Å². The first-order valence-electron chi connectivity index (χ1n) is 6.67. The molecular weight excluding hydrogens is 265 g/mol. The average molecular weight is 288 g/mol. The lowest BCUT2D eigenvalue weighted by molar-refractivity contribution is -0.138. The minimum atomic E-state index is -4.35. The van der Waals surface area contributed by atoms with Crippen LogP contribution in [0.25, 0.3) is 0 Å². The SMILES string of the molecule is Cc1ccc(OC(C)(C)CC(C)(C)C)cc1C(F)(F)F. The summed E-state index contributed by atoms with van der Waals surface area (Å²) in [6.07, 6.45) is -3.60. The van der Waals surface area contributed by atoms with E-state index in [2.05, 4.69) is 20.8 Å². The van der Waals surface area contributed by atoms with E-state index in [9.17, 15) is 13.2 Å². The van der Waals surface area contributed by atoms with Crippen LogP contribution in [-0.2, 0) is 6.18 Å². The summed E-state index contributed by atoms with van der Waals surface area (Å²) in [5, 5.41) is 0. The van der Waals surface area contributed by atoms with Crippen molar-refractivity contribution < 1.29 is 17.9 Å². The molecule has 0 amide bonds. The summed E-state index contributed by atoms with van der Waals surface area (Å²) in [6, 6.07) is 4.13. The highest BCUT2D eigenvalue weighted by molar-refractivity contribution is 5.37. The molecule has 0 aliphatic heterocycles. The summed E-state index contributed by atoms with van der Waals surface area (Å²) < 4.78 is 44.4. The predicted molar refractivity (Wildman–Crippen MR) is 75.0 cm³/mol. The monoisotopic (exact) mass is 288 g/mol. The van der Waals surface area contributed by atoms with Gasteiger partial charge >= 0.3 is 6.18 Å². The first kappa shape index (κ1) is 16.9. The first-order chi connectivity index (χ1) is 8.80. The molecule has 0 spiro atoms. The Kier molecular flexibility index (Phi) is 4.47. The highest BCUT2D eigenvalue weighted by Gasteiger charge is 2.33. The number of alkyl halides is 3. The molecule has 0 aromatic heterocycles. The molecule has 0 unspecified atom stereocenters. The van der Waals surface area contributed by atoms with Crippen LogP contribution < -0.4 is 4.74 Å². The Morgan fingerprint density at radius 3 is 2.00 bits per heavy atom. The van der Waals surface area contributed by atoms with E-state index in [1.165, 1.54) is 13.0 Å². The lowest BCUT2D eigenvalue weighted by Gasteiger charge is -2.33. The second-order valence-corrected chi connectivity index (χ2v) is 7.07. The molecule has 0 saturated carbocycles. The number of halogens is 3. The second-order valence-electron chi connectivity index (χ2n) is 7.07.